The van der Waals surface area contributed by atoms with Crippen LogP contribution < -0.4 is 10.1 Å². The van der Waals surface area contributed by atoms with Gasteiger partial charge in [0.05, 0.1) is 13.3 Å². The zero-order chi connectivity index (χ0) is 13.9. The molecule has 19 heavy (non-hydrogen) atoms. The Morgan fingerprint density at radius 2 is 2.26 bits per heavy atom. The first-order valence-corrected chi connectivity index (χ1v) is 7.15. The SMILES string of the molecule is C=CCCCCCC(NCC)c1ccncc1OC. The topological polar surface area (TPSA) is 34.2 Å². The highest BCUT2D eigenvalue weighted by molar-refractivity contribution is 5.32. The summed E-state index contributed by atoms with van der Waals surface area (Å²) in [6.45, 7) is 6.86. The van der Waals surface area contributed by atoms with Gasteiger partial charge in [-0.05, 0) is 31.9 Å². The standard InChI is InChI=1S/C16H26N2O/c1-4-6-7-8-9-10-15(18-5-2)14-11-12-17-13-16(14)19-3/h4,11-13,15,18H,1,5-10H2,2-3H3. The first kappa shape index (κ1) is 15.7. The fraction of sp³-hybridized carbons (Fsp3) is 0.562. The van der Waals surface area contributed by atoms with Crippen molar-refractivity contribution in [1.82, 2.24) is 10.3 Å². The Bertz CT molecular complexity index is 366. The lowest BCUT2D eigenvalue weighted by atomic mass is 10.00. The van der Waals surface area contributed by atoms with Crippen LogP contribution in [0.15, 0.2) is 31.1 Å². The molecule has 3 nitrogen and oxygen atoms in total. The van der Waals surface area contributed by atoms with Gasteiger partial charge in [-0.1, -0.05) is 25.8 Å². The van der Waals surface area contributed by atoms with Crippen LogP contribution in [-0.4, -0.2) is 18.6 Å². The molecular weight excluding hydrogens is 236 g/mol. The van der Waals surface area contributed by atoms with Crippen LogP contribution in [0.1, 0.15) is 50.6 Å². The van der Waals surface area contributed by atoms with Crippen molar-refractivity contribution in [2.24, 2.45) is 0 Å². The predicted molar refractivity (Wildman–Crippen MR) is 80.5 cm³/mol. The third-order valence-corrected chi connectivity index (χ3v) is 3.26. The van der Waals surface area contributed by atoms with Gasteiger partial charge in [-0.25, -0.2) is 0 Å². The molecule has 0 bridgehead atoms. The number of nitrogens with zero attached hydrogens (tertiary/aromatic N) is 1. The highest BCUT2D eigenvalue weighted by Crippen LogP contribution is 2.27. The molecule has 1 rings (SSSR count). The van der Waals surface area contributed by atoms with E-state index in [1.165, 1.54) is 24.8 Å². The van der Waals surface area contributed by atoms with Crippen molar-refractivity contribution < 1.29 is 4.74 Å². The number of aromatic nitrogens is 1. The molecule has 106 valence electrons. The number of rotatable bonds is 10. The second kappa shape index (κ2) is 9.56. The highest BCUT2D eigenvalue weighted by Gasteiger charge is 2.14. The van der Waals surface area contributed by atoms with Gasteiger partial charge in [0.25, 0.3) is 0 Å². The number of allylic oxidation sites excluding steroid dienone is 1. The quantitative estimate of drug-likeness (QED) is 0.513. The van der Waals surface area contributed by atoms with E-state index in [-0.39, 0.29) is 0 Å². The maximum atomic E-state index is 5.40. The van der Waals surface area contributed by atoms with Gasteiger partial charge in [0.2, 0.25) is 0 Å². The Morgan fingerprint density at radius 1 is 1.42 bits per heavy atom. The molecule has 1 N–H and O–H groups in total. The summed E-state index contributed by atoms with van der Waals surface area (Å²) in [7, 11) is 1.70. The summed E-state index contributed by atoms with van der Waals surface area (Å²) in [6.07, 6.45) is 11.6. The fourth-order valence-corrected chi connectivity index (χ4v) is 2.28. The van der Waals surface area contributed by atoms with Gasteiger partial charge in [0, 0.05) is 17.8 Å². The molecule has 1 heterocycles. The summed E-state index contributed by atoms with van der Waals surface area (Å²) in [6, 6.07) is 2.40. The molecule has 1 aromatic rings. The van der Waals surface area contributed by atoms with Gasteiger partial charge in [-0.3, -0.25) is 4.98 Å². The summed E-state index contributed by atoms with van der Waals surface area (Å²) < 4.78 is 5.40. The normalized spacial score (nSPS) is 12.1. The van der Waals surface area contributed by atoms with Crippen molar-refractivity contribution in [3.8, 4) is 5.75 Å². The Hall–Kier alpha value is -1.35. The van der Waals surface area contributed by atoms with E-state index in [2.05, 4.69) is 29.9 Å². The molecule has 1 atom stereocenters. The molecule has 0 saturated carbocycles. The van der Waals surface area contributed by atoms with Crippen molar-refractivity contribution in [3.05, 3.63) is 36.7 Å². The lowest BCUT2D eigenvalue weighted by Gasteiger charge is -2.20. The molecule has 0 fully saturated rings. The molecule has 0 aliphatic heterocycles. The van der Waals surface area contributed by atoms with Gasteiger partial charge in [-0.15, -0.1) is 6.58 Å². The Labute approximate surface area is 117 Å². The van der Waals surface area contributed by atoms with E-state index in [1.54, 1.807) is 13.3 Å². The van der Waals surface area contributed by atoms with Crippen molar-refractivity contribution in [3.63, 3.8) is 0 Å². The van der Waals surface area contributed by atoms with E-state index < -0.39 is 0 Å². The average Bonchev–Trinajstić information content (AvgIpc) is 2.46. The maximum Gasteiger partial charge on any atom is 0.141 e. The second-order valence-corrected chi connectivity index (χ2v) is 4.65. The van der Waals surface area contributed by atoms with Crippen LogP contribution in [0.25, 0.3) is 0 Å². The first-order chi connectivity index (χ1) is 9.33. The molecule has 0 radical (unpaired) electrons. The van der Waals surface area contributed by atoms with E-state index in [9.17, 15) is 0 Å². The second-order valence-electron chi connectivity index (χ2n) is 4.65. The van der Waals surface area contributed by atoms with E-state index in [0.29, 0.717) is 6.04 Å². The molecule has 0 aliphatic carbocycles. The van der Waals surface area contributed by atoms with Crippen molar-refractivity contribution in [1.29, 1.82) is 0 Å². The number of hydrogen-bond donors (Lipinski definition) is 1. The van der Waals surface area contributed by atoms with Gasteiger partial charge >= 0.3 is 0 Å². The van der Waals surface area contributed by atoms with Gasteiger partial charge in [-0.2, -0.15) is 0 Å². The molecule has 3 heteroatoms. The smallest absolute Gasteiger partial charge is 0.141 e. The van der Waals surface area contributed by atoms with Crippen molar-refractivity contribution >= 4 is 0 Å². The summed E-state index contributed by atoms with van der Waals surface area (Å²) in [4.78, 5) is 4.12. The van der Waals surface area contributed by atoms with E-state index in [4.69, 9.17) is 4.74 Å². The number of unbranched alkanes of at least 4 members (excludes halogenated alkanes) is 3. The van der Waals surface area contributed by atoms with Crippen LogP contribution in [0.4, 0.5) is 0 Å². The largest absolute Gasteiger partial charge is 0.495 e. The predicted octanol–water partition coefficient (Wildman–Crippen LogP) is 3.88. The average molecular weight is 262 g/mol. The summed E-state index contributed by atoms with van der Waals surface area (Å²) in [5, 5.41) is 3.54. The number of hydrogen-bond acceptors (Lipinski definition) is 3. The lowest BCUT2D eigenvalue weighted by molar-refractivity contribution is 0.391. The van der Waals surface area contributed by atoms with E-state index >= 15 is 0 Å². The lowest BCUT2D eigenvalue weighted by Crippen LogP contribution is -2.21. The molecule has 0 aliphatic rings. The van der Waals surface area contributed by atoms with Crippen LogP contribution >= 0.6 is 0 Å². The molecule has 0 saturated heterocycles. The Balaban J connectivity index is 2.57. The van der Waals surface area contributed by atoms with Crippen LogP contribution in [0.5, 0.6) is 5.75 Å². The Morgan fingerprint density at radius 3 is 2.95 bits per heavy atom. The number of ether oxygens (including phenoxy) is 1. The minimum Gasteiger partial charge on any atom is -0.495 e. The number of methoxy groups -OCH3 is 1. The van der Waals surface area contributed by atoms with E-state index in [0.717, 1.165) is 25.1 Å². The maximum absolute atomic E-state index is 5.40. The summed E-state index contributed by atoms with van der Waals surface area (Å²) in [5.41, 5.74) is 1.21. The minimum atomic E-state index is 0.353. The van der Waals surface area contributed by atoms with Crippen LogP contribution in [0, 0.1) is 0 Å². The molecular formula is C16H26N2O. The highest BCUT2D eigenvalue weighted by atomic mass is 16.5. The minimum absolute atomic E-state index is 0.353. The number of pyridine rings is 1. The summed E-state index contributed by atoms with van der Waals surface area (Å²) >= 11 is 0. The van der Waals surface area contributed by atoms with Crippen molar-refractivity contribution in [2.45, 2.75) is 45.1 Å². The van der Waals surface area contributed by atoms with Crippen LogP contribution in [-0.2, 0) is 0 Å². The Kier molecular flexibility index (Phi) is 7.91. The molecule has 1 aromatic heterocycles. The first-order valence-electron chi connectivity index (χ1n) is 7.15. The van der Waals surface area contributed by atoms with Crippen molar-refractivity contribution in [2.75, 3.05) is 13.7 Å². The van der Waals surface area contributed by atoms with E-state index in [1.807, 2.05) is 12.3 Å². The summed E-state index contributed by atoms with van der Waals surface area (Å²) in [5.74, 6) is 0.875. The molecule has 0 spiro atoms. The van der Waals surface area contributed by atoms with Gasteiger partial charge < -0.3 is 10.1 Å². The molecule has 1 unspecified atom stereocenters. The van der Waals surface area contributed by atoms with Crippen LogP contribution in [0.2, 0.25) is 0 Å². The number of nitrogens with one attached hydrogen (secondary N) is 1. The zero-order valence-electron chi connectivity index (χ0n) is 12.2. The van der Waals surface area contributed by atoms with Crippen LogP contribution in [0.3, 0.4) is 0 Å². The zero-order valence-corrected chi connectivity index (χ0v) is 12.2. The monoisotopic (exact) mass is 262 g/mol. The fourth-order valence-electron chi connectivity index (χ4n) is 2.28. The third kappa shape index (κ3) is 5.43. The van der Waals surface area contributed by atoms with Gasteiger partial charge in [0.15, 0.2) is 0 Å². The van der Waals surface area contributed by atoms with Gasteiger partial charge in [0.1, 0.15) is 5.75 Å². The molecule has 0 amide bonds. The molecule has 0 aromatic carbocycles. The third-order valence-electron chi connectivity index (χ3n) is 3.26.